The van der Waals surface area contributed by atoms with E-state index in [0.717, 1.165) is 56.5 Å². The van der Waals surface area contributed by atoms with Crippen LogP contribution in [-0.2, 0) is 32.6 Å². The van der Waals surface area contributed by atoms with Crippen LogP contribution in [-0.4, -0.2) is 50.4 Å². The van der Waals surface area contributed by atoms with Crippen LogP contribution in [0.5, 0.6) is 5.75 Å². The van der Waals surface area contributed by atoms with Gasteiger partial charge in [-0.05, 0) is 91.6 Å². The first-order valence-electron chi connectivity index (χ1n) is 16.5. The third-order valence-electron chi connectivity index (χ3n) is 8.61. The van der Waals surface area contributed by atoms with Gasteiger partial charge in [-0.15, -0.1) is 0 Å². The fraction of sp³-hybridized carbons (Fsp3) is 0.316. The third kappa shape index (κ3) is 9.95. The summed E-state index contributed by atoms with van der Waals surface area (Å²) < 4.78 is 36.9. The molecule has 4 aromatic carbocycles. The predicted molar refractivity (Wildman–Crippen MR) is 200 cm³/mol. The number of halogens is 2. The second-order valence-corrected chi connectivity index (χ2v) is 15.8. The highest BCUT2D eigenvalue weighted by Gasteiger charge is 2.35. The van der Waals surface area contributed by atoms with E-state index >= 15 is 0 Å². The maximum absolute atomic E-state index is 14.7. The average Bonchev–Trinajstić information content (AvgIpc) is 3.11. The quantitative estimate of drug-likeness (QED) is 0.140. The summed E-state index contributed by atoms with van der Waals surface area (Å²) >= 11 is 6.86. The molecule has 4 aromatic rings. The Morgan fingerprint density at radius 3 is 2.04 bits per heavy atom. The standard InChI is InChI=1S/C38H41Br2N3O5S/c1-2-48-34-21-19-33(20-22-34)43(49(46,47)35-23-17-31(40)18-24-35)27-37(44)42(26-29-13-15-30(39)16-14-29)36(25-28-9-5-3-6-10-28)38(45)41-32-11-7-4-8-12-32/h3,5-6,9-10,13-24,32,36H,2,4,7-8,11-12,25-27H2,1H3,(H,41,45). The zero-order valence-corrected chi connectivity index (χ0v) is 31.4. The van der Waals surface area contributed by atoms with Crippen molar-refractivity contribution < 1.29 is 22.7 Å². The molecule has 0 bridgehead atoms. The van der Waals surface area contributed by atoms with Gasteiger partial charge in [-0.1, -0.05) is 93.6 Å². The molecule has 0 aromatic heterocycles. The molecule has 0 radical (unpaired) electrons. The van der Waals surface area contributed by atoms with E-state index in [-0.39, 0.29) is 29.8 Å². The fourth-order valence-electron chi connectivity index (χ4n) is 6.02. The molecule has 0 spiro atoms. The van der Waals surface area contributed by atoms with Crippen molar-refractivity contribution in [1.82, 2.24) is 10.2 Å². The number of ether oxygens (including phenoxy) is 1. The lowest BCUT2D eigenvalue weighted by atomic mass is 9.94. The summed E-state index contributed by atoms with van der Waals surface area (Å²) in [5, 5.41) is 3.24. The third-order valence-corrected chi connectivity index (χ3v) is 11.5. The second kappa shape index (κ2) is 17.3. The number of amides is 2. The molecular formula is C38H41Br2N3O5S. The maximum Gasteiger partial charge on any atom is 0.264 e. The summed E-state index contributed by atoms with van der Waals surface area (Å²) in [4.78, 5) is 30.5. The van der Waals surface area contributed by atoms with Gasteiger partial charge in [0.25, 0.3) is 10.0 Å². The zero-order chi connectivity index (χ0) is 34.8. The Hall–Kier alpha value is -3.67. The van der Waals surface area contributed by atoms with Gasteiger partial charge in [0.1, 0.15) is 18.3 Å². The molecule has 1 aliphatic rings. The molecule has 49 heavy (non-hydrogen) atoms. The van der Waals surface area contributed by atoms with E-state index in [0.29, 0.717) is 18.0 Å². The molecule has 5 rings (SSSR count). The number of carbonyl (C=O) groups is 2. The first-order valence-corrected chi connectivity index (χ1v) is 19.6. The Balaban J connectivity index is 1.56. The van der Waals surface area contributed by atoms with Gasteiger partial charge in [-0.2, -0.15) is 0 Å². The number of rotatable bonds is 14. The molecule has 258 valence electrons. The van der Waals surface area contributed by atoms with Crippen molar-refractivity contribution in [3.8, 4) is 5.75 Å². The molecule has 1 N–H and O–H groups in total. The molecule has 1 atom stereocenters. The van der Waals surface area contributed by atoms with E-state index in [1.54, 1.807) is 36.4 Å². The van der Waals surface area contributed by atoms with Crippen molar-refractivity contribution >= 4 is 59.4 Å². The molecule has 2 amide bonds. The fourth-order valence-corrected chi connectivity index (χ4v) is 7.97. The summed E-state index contributed by atoms with van der Waals surface area (Å²) in [6.45, 7) is 1.91. The SMILES string of the molecule is CCOc1ccc(N(CC(=O)N(Cc2ccc(Br)cc2)C(Cc2ccccc2)C(=O)NC2CCCCC2)S(=O)(=O)c2ccc(Br)cc2)cc1. The van der Waals surface area contributed by atoms with Crippen LogP contribution >= 0.6 is 31.9 Å². The average molecular weight is 812 g/mol. The second-order valence-electron chi connectivity index (χ2n) is 12.1. The summed E-state index contributed by atoms with van der Waals surface area (Å²) in [7, 11) is -4.21. The topological polar surface area (TPSA) is 96.0 Å². The van der Waals surface area contributed by atoms with E-state index < -0.39 is 28.5 Å². The molecule has 0 saturated heterocycles. The molecule has 8 nitrogen and oxygen atoms in total. The van der Waals surface area contributed by atoms with Crippen LogP contribution in [0.2, 0.25) is 0 Å². The van der Waals surface area contributed by atoms with Gasteiger partial charge in [-0.3, -0.25) is 13.9 Å². The highest BCUT2D eigenvalue weighted by Crippen LogP contribution is 2.28. The molecule has 1 aliphatic carbocycles. The lowest BCUT2D eigenvalue weighted by molar-refractivity contribution is -0.140. The zero-order valence-electron chi connectivity index (χ0n) is 27.4. The van der Waals surface area contributed by atoms with Gasteiger partial charge in [0.2, 0.25) is 11.8 Å². The van der Waals surface area contributed by atoms with Crippen molar-refractivity contribution in [2.75, 3.05) is 17.5 Å². The van der Waals surface area contributed by atoms with Gasteiger partial charge in [0.15, 0.2) is 0 Å². The molecular weight excluding hydrogens is 770 g/mol. The van der Waals surface area contributed by atoms with E-state index in [2.05, 4.69) is 37.2 Å². The number of anilines is 1. The minimum Gasteiger partial charge on any atom is -0.494 e. The largest absolute Gasteiger partial charge is 0.494 e. The van der Waals surface area contributed by atoms with Crippen molar-refractivity contribution in [1.29, 1.82) is 0 Å². The molecule has 1 fully saturated rings. The Bertz CT molecular complexity index is 1780. The van der Waals surface area contributed by atoms with Crippen LogP contribution in [0.3, 0.4) is 0 Å². The van der Waals surface area contributed by atoms with Crippen LogP contribution in [0.15, 0.2) is 117 Å². The Morgan fingerprint density at radius 1 is 0.816 bits per heavy atom. The molecule has 0 heterocycles. The number of hydrogen-bond donors (Lipinski definition) is 1. The highest BCUT2D eigenvalue weighted by atomic mass is 79.9. The van der Waals surface area contributed by atoms with Crippen LogP contribution < -0.4 is 14.4 Å². The van der Waals surface area contributed by atoms with Crippen molar-refractivity contribution in [3.05, 3.63) is 123 Å². The molecule has 1 unspecified atom stereocenters. The highest BCUT2D eigenvalue weighted by molar-refractivity contribution is 9.10. The van der Waals surface area contributed by atoms with Gasteiger partial charge in [0.05, 0.1) is 17.2 Å². The van der Waals surface area contributed by atoms with Crippen molar-refractivity contribution in [2.45, 2.75) is 69.0 Å². The maximum atomic E-state index is 14.7. The minimum absolute atomic E-state index is 0.0299. The Kier molecular flexibility index (Phi) is 12.9. The molecule has 11 heteroatoms. The Labute approximate surface area is 306 Å². The minimum atomic E-state index is -4.21. The van der Waals surface area contributed by atoms with E-state index in [9.17, 15) is 18.0 Å². The van der Waals surface area contributed by atoms with Gasteiger partial charge in [0, 0.05) is 28.0 Å². The number of carbonyl (C=O) groups excluding carboxylic acids is 2. The molecule has 0 aliphatic heterocycles. The number of sulfonamides is 1. The van der Waals surface area contributed by atoms with E-state index in [4.69, 9.17) is 4.74 Å². The summed E-state index contributed by atoms with van der Waals surface area (Å²) in [6.07, 6.45) is 5.27. The van der Waals surface area contributed by atoms with E-state index in [1.165, 1.54) is 17.0 Å². The lowest BCUT2D eigenvalue weighted by Gasteiger charge is -2.35. The summed E-state index contributed by atoms with van der Waals surface area (Å²) in [5.41, 5.74) is 2.00. The smallest absolute Gasteiger partial charge is 0.264 e. The number of nitrogens with zero attached hydrogens (tertiary/aromatic N) is 2. The van der Waals surface area contributed by atoms with Crippen LogP contribution in [0.4, 0.5) is 5.69 Å². The Morgan fingerprint density at radius 2 is 1.43 bits per heavy atom. The number of hydrogen-bond acceptors (Lipinski definition) is 5. The van der Waals surface area contributed by atoms with Crippen molar-refractivity contribution in [3.63, 3.8) is 0 Å². The summed E-state index contributed by atoms with van der Waals surface area (Å²) in [6, 6.07) is 29.2. The van der Waals surface area contributed by atoms with Crippen molar-refractivity contribution in [2.24, 2.45) is 0 Å². The lowest BCUT2D eigenvalue weighted by Crippen LogP contribution is -2.55. The van der Waals surface area contributed by atoms with E-state index in [1.807, 2.05) is 61.5 Å². The molecule has 1 saturated carbocycles. The van der Waals surface area contributed by atoms with Crippen LogP contribution in [0.1, 0.15) is 50.2 Å². The van der Waals surface area contributed by atoms with Crippen LogP contribution in [0, 0.1) is 0 Å². The summed E-state index contributed by atoms with van der Waals surface area (Å²) in [5.74, 6) is -0.167. The monoisotopic (exact) mass is 809 g/mol. The van der Waals surface area contributed by atoms with Crippen LogP contribution in [0.25, 0.3) is 0 Å². The van der Waals surface area contributed by atoms with Gasteiger partial charge >= 0.3 is 0 Å². The number of benzene rings is 4. The normalized spacial score (nSPS) is 14.1. The number of nitrogens with one attached hydrogen (secondary N) is 1. The predicted octanol–water partition coefficient (Wildman–Crippen LogP) is 7.89. The first-order chi connectivity index (χ1) is 23.6. The first kappa shape index (κ1) is 36.6. The van der Waals surface area contributed by atoms with Gasteiger partial charge in [-0.25, -0.2) is 8.42 Å². The van der Waals surface area contributed by atoms with Gasteiger partial charge < -0.3 is 15.0 Å².